The number of fused-ring (bicyclic) bond motifs is 9. The van der Waals surface area contributed by atoms with Gasteiger partial charge in [-0.1, -0.05) is 129 Å². The van der Waals surface area contributed by atoms with Gasteiger partial charge in [0.15, 0.2) is 44.7 Å². The Labute approximate surface area is 727 Å². The Morgan fingerprint density at radius 2 is 0.714 bits per heavy atom. The van der Waals surface area contributed by atoms with Gasteiger partial charge in [-0.2, -0.15) is 0 Å². The summed E-state index contributed by atoms with van der Waals surface area (Å²) < 4.78 is 6.35. The highest BCUT2D eigenvalue weighted by molar-refractivity contribution is 5.88. The summed E-state index contributed by atoms with van der Waals surface area (Å²) in [5, 5.41) is 26.6. The molecule has 1 saturated carbocycles. The standard InChI is InChI=1S/C26H29N5O2.C26H25N5O.C23H26N6O.C23H23N5O3/c1-17-14-21-22(15-23(17)33-20-10-6-7-11-20)31(13-12-27-16-19-8-4-3-5-9-19)25-24(30-21)26(32)29-18(2)28-25;1-16-12-22-23(13-17(16)2)31(25-24(30-22)26(32)29-18(3)28-25)11-10-27-15-19-8-9-20-6-4-5-7-21(20)14-19;1-14-10-19-20(11-15(14)2)29(22-21(28-19)23(30)27-16(3)26-22)9-8-25-13-18-6-4-17(12-24)5-7-18;1-13-10-18-19(11-14(13)2)28(21-20(27-18)22(29)26-15(3)25-21)9-8-24-12-16-4-6-17(7-5-16)23(30)31/h3-5,8-9,14-15,20,27H,2,6-7,10-13,16H2,1H3,(H,29,32);4-9,12-14,27H,3,10-11,15H2,1-2H3,(H,29,32);4-7,10-11,25H,3,8-9,12-13,24H2,1-2H3,(H,27,30);4-7,10-11,24H,3,8-9,12H2,1-2H3,(H,26,29)(H,30,31). The predicted octanol–water partition coefficient (Wildman–Crippen LogP) is 9.28. The summed E-state index contributed by atoms with van der Waals surface area (Å²) >= 11 is 0. The Bertz CT molecular complexity index is 7080. The maximum Gasteiger partial charge on any atom is 0.335 e. The second-order valence-corrected chi connectivity index (χ2v) is 32.1. The maximum atomic E-state index is 12.6. The Balaban J connectivity index is 0.000000130. The predicted molar refractivity (Wildman–Crippen MR) is 498 cm³/mol. The lowest BCUT2D eigenvalue weighted by atomic mass is 10.1. The average Bonchev–Trinajstić information content (AvgIpc) is 1.62. The lowest BCUT2D eigenvalue weighted by Gasteiger charge is -2.29. The number of hydrogen-bond acceptors (Lipinski definition) is 23. The Morgan fingerprint density at radius 3 is 1.10 bits per heavy atom. The molecule has 4 aromatic heterocycles. The van der Waals surface area contributed by atoms with Crippen LogP contribution in [0.25, 0.3) is 37.1 Å². The van der Waals surface area contributed by atoms with Crippen LogP contribution in [-0.2, 0) is 32.7 Å². The minimum atomic E-state index is -0.940. The smallest absolute Gasteiger partial charge is 0.335 e. The quantitative estimate of drug-likeness (QED) is 0.0252. The van der Waals surface area contributed by atoms with Gasteiger partial charge in [0, 0.05) is 91.1 Å². The zero-order valence-corrected chi connectivity index (χ0v) is 71.9. The van der Waals surface area contributed by atoms with Crippen molar-refractivity contribution in [1.29, 1.82) is 0 Å². The third-order valence-corrected chi connectivity index (χ3v) is 22.9. The van der Waals surface area contributed by atoms with Crippen LogP contribution >= 0.6 is 0 Å². The normalized spacial score (nSPS) is 13.0. The Kier molecular flexibility index (Phi) is 26.6. The van der Waals surface area contributed by atoms with E-state index >= 15 is 0 Å². The molecule has 28 nitrogen and oxygen atoms in total. The number of anilines is 8. The summed E-state index contributed by atoms with van der Waals surface area (Å²) in [6, 6.07) is 56.6. The summed E-state index contributed by atoms with van der Waals surface area (Å²) in [7, 11) is 0. The second kappa shape index (κ2) is 38.6. The minimum Gasteiger partial charge on any atom is -0.490 e. The number of rotatable bonds is 24. The van der Waals surface area contributed by atoms with E-state index in [4.69, 9.17) is 15.6 Å². The fourth-order valence-corrected chi connectivity index (χ4v) is 15.8. The van der Waals surface area contributed by atoms with Gasteiger partial charge >= 0.3 is 5.97 Å². The number of carboxylic acid groups (broad SMARTS) is 1. The first-order valence-corrected chi connectivity index (χ1v) is 42.3. The largest absolute Gasteiger partial charge is 0.490 e. The van der Waals surface area contributed by atoms with E-state index in [0.29, 0.717) is 120 Å². The first-order chi connectivity index (χ1) is 60.9. The number of nitrogens with one attached hydrogen (secondary N) is 8. The number of carbonyl (C=O) groups is 1. The van der Waals surface area contributed by atoms with E-state index < -0.39 is 5.97 Å². The van der Waals surface area contributed by atoms with E-state index in [1.54, 1.807) is 24.3 Å². The number of aromatic nitrogens is 8. The van der Waals surface area contributed by atoms with E-state index in [2.05, 4.69) is 234 Å². The molecule has 13 aromatic rings. The molecule has 8 heterocycles. The van der Waals surface area contributed by atoms with Gasteiger partial charge < -0.3 is 76.4 Å². The summed E-state index contributed by atoms with van der Waals surface area (Å²) in [4.78, 5) is 116. The fraction of sp³-hybridized carbons (Fsp3) is 0.255. The molecule has 0 saturated heterocycles. The van der Waals surface area contributed by atoms with Crippen LogP contribution in [0.2, 0.25) is 0 Å². The van der Waals surface area contributed by atoms with Gasteiger partial charge in [0.05, 0.1) is 57.2 Å². The van der Waals surface area contributed by atoms with Crippen molar-refractivity contribution in [2.45, 2.75) is 113 Å². The SMILES string of the molecule is C=c1nc2c(c(=O)[nH]1)=Nc1cc(C)c(C)cc1N2CCNCc1ccc(C(=O)O)cc1.C=c1nc2c(c(=O)[nH]1)=Nc1cc(C)c(C)cc1N2CCNCc1ccc(CN)cc1.C=c1nc2c(c(=O)[nH]1)=Nc1cc(C)c(C)cc1N2CCNCc1ccc2ccccc2c1.C=c1nc2c(c(=O)[nH]1)=Nc1cc(C)c(OC3CCCC3)cc1N2CCNCc1ccccc1. The molecule has 9 aromatic carbocycles. The average molecular weight is 1690 g/mol. The Hall–Kier alpha value is -14.3. The van der Waals surface area contributed by atoms with Crippen LogP contribution in [0.1, 0.15) is 103 Å². The van der Waals surface area contributed by atoms with Crippen molar-refractivity contribution < 1.29 is 14.6 Å². The molecule has 18 rings (SSSR count). The molecule has 0 unspecified atom stereocenters. The third kappa shape index (κ3) is 20.0. The zero-order chi connectivity index (χ0) is 88.4. The van der Waals surface area contributed by atoms with E-state index in [-0.39, 0.29) is 39.3 Å². The first-order valence-electron chi connectivity index (χ1n) is 42.3. The molecule has 0 bridgehead atoms. The van der Waals surface area contributed by atoms with Crippen LogP contribution < -0.4 is 117 Å². The number of benzene rings is 9. The number of nitrogens with two attached hydrogens (primary N) is 1. The van der Waals surface area contributed by atoms with Crippen LogP contribution in [0.5, 0.6) is 5.75 Å². The van der Waals surface area contributed by atoms with Gasteiger partial charge in [0.2, 0.25) is 0 Å². The number of nitrogens with zero attached hydrogens (tertiary/aromatic N) is 12. The van der Waals surface area contributed by atoms with Crippen LogP contribution in [0, 0.1) is 48.5 Å². The molecular weight excluding hydrogens is 1580 g/mol. The molecule has 1 fully saturated rings. The third-order valence-electron chi connectivity index (χ3n) is 22.9. The number of H-pyrrole nitrogens is 4. The van der Waals surface area contributed by atoms with Crippen molar-refractivity contribution in [3.05, 3.63) is 327 Å². The van der Waals surface area contributed by atoms with Gasteiger partial charge in [-0.3, -0.25) is 19.2 Å². The topological polar surface area (TPSA) is 366 Å². The summed E-state index contributed by atoms with van der Waals surface area (Å²) in [6.45, 7) is 38.3. The molecule has 11 N–H and O–H groups in total. The van der Waals surface area contributed by atoms with Crippen LogP contribution in [-0.4, -0.2) is 109 Å². The number of aromatic carboxylic acids is 1. The molecule has 0 radical (unpaired) electrons. The lowest BCUT2D eigenvalue weighted by Crippen LogP contribution is -2.43. The van der Waals surface area contributed by atoms with E-state index in [1.807, 2.05) is 87.2 Å². The second-order valence-electron chi connectivity index (χ2n) is 32.1. The number of hydrogen-bond donors (Lipinski definition) is 10. The summed E-state index contributed by atoms with van der Waals surface area (Å²) in [5.41, 5.74) is 26.5. The lowest BCUT2D eigenvalue weighted by molar-refractivity contribution is 0.0696. The van der Waals surface area contributed by atoms with Gasteiger partial charge in [0.25, 0.3) is 22.2 Å². The molecule has 5 aliphatic rings. The number of aryl methyl sites for hydroxylation is 7. The van der Waals surface area contributed by atoms with Gasteiger partial charge in [-0.25, -0.2) is 44.7 Å². The van der Waals surface area contributed by atoms with Crippen LogP contribution in [0.3, 0.4) is 0 Å². The highest BCUT2D eigenvalue weighted by atomic mass is 16.5. The van der Waals surface area contributed by atoms with E-state index in [9.17, 15) is 24.0 Å². The molecule has 0 atom stereocenters. The van der Waals surface area contributed by atoms with Crippen LogP contribution in [0.15, 0.2) is 209 Å². The minimum absolute atomic E-state index is 0.264. The van der Waals surface area contributed by atoms with Crippen molar-refractivity contribution in [3.8, 4) is 5.75 Å². The molecule has 642 valence electrons. The number of aromatic amines is 4. The Morgan fingerprint density at radius 1 is 0.397 bits per heavy atom. The van der Waals surface area contributed by atoms with Gasteiger partial charge in [0.1, 0.15) is 27.7 Å². The number of ether oxygens (including phenoxy) is 1. The van der Waals surface area contributed by atoms with Gasteiger partial charge in [-0.15, -0.1) is 0 Å². The van der Waals surface area contributed by atoms with Crippen LogP contribution in [0.4, 0.5) is 68.8 Å². The zero-order valence-electron chi connectivity index (χ0n) is 71.9. The highest BCUT2D eigenvalue weighted by Crippen LogP contribution is 2.42. The number of carboxylic acids is 1. The molecule has 1 aliphatic carbocycles. The molecule has 28 heteroatoms. The summed E-state index contributed by atoms with van der Waals surface area (Å²) in [6.07, 6.45) is 4.89. The monoisotopic (exact) mass is 1690 g/mol. The van der Waals surface area contributed by atoms with Gasteiger partial charge in [-0.05, 0) is 212 Å². The van der Waals surface area contributed by atoms with Crippen molar-refractivity contribution in [3.63, 3.8) is 0 Å². The molecule has 4 aliphatic heterocycles. The highest BCUT2D eigenvalue weighted by Gasteiger charge is 2.30. The molecule has 0 spiro atoms. The van der Waals surface area contributed by atoms with E-state index in [1.165, 1.54) is 51.4 Å². The molecular formula is C98H103N21O7. The van der Waals surface area contributed by atoms with Crippen molar-refractivity contribution in [2.24, 2.45) is 25.7 Å². The molecule has 0 amide bonds. The van der Waals surface area contributed by atoms with Crippen molar-refractivity contribution in [2.75, 3.05) is 72.0 Å². The molecule has 126 heavy (non-hydrogen) atoms. The van der Waals surface area contributed by atoms with Crippen molar-refractivity contribution >= 4 is 112 Å². The maximum absolute atomic E-state index is 12.6. The van der Waals surface area contributed by atoms with Crippen molar-refractivity contribution in [1.82, 2.24) is 61.1 Å². The fourth-order valence-electron chi connectivity index (χ4n) is 15.8. The van der Waals surface area contributed by atoms with E-state index in [0.717, 1.165) is 129 Å². The first kappa shape index (κ1) is 86.6. The summed E-state index contributed by atoms with van der Waals surface area (Å²) in [5.74, 6) is 2.08.